The third-order valence-electron chi connectivity index (χ3n) is 5.03. The highest BCUT2D eigenvalue weighted by Crippen LogP contribution is 2.23. The molecular weight excluding hydrogens is 418 g/mol. The van der Waals surface area contributed by atoms with Crippen LogP contribution in [0.15, 0.2) is 82.1 Å². The van der Waals surface area contributed by atoms with Gasteiger partial charge >= 0.3 is 0 Å². The van der Waals surface area contributed by atoms with Crippen LogP contribution in [0.4, 0.5) is 17.1 Å². The number of allylic oxidation sites excluding steroid dienone is 2. The van der Waals surface area contributed by atoms with Crippen LogP contribution in [-0.2, 0) is 0 Å². The van der Waals surface area contributed by atoms with Crippen LogP contribution in [0.1, 0.15) is 6.92 Å². The van der Waals surface area contributed by atoms with Crippen LogP contribution in [-0.4, -0.2) is 61.6 Å². The number of nitrogens with zero attached hydrogens (tertiary/aromatic N) is 3. The van der Waals surface area contributed by atoms with Crippen molar-refractivity contribution in [1.82, 2.24) is 0 Å². The number of nitrogens with two attached hydrogens (primary N) is 1. The molecule has 0 aromatic heterocycles. The van der Waals surface area contributed by atoms with E-state index in [1.54, 1.807) is 13.1 Å². The van der Waals surface area contributed by atoms with Gasteiger partial charge in [-0.15, -0.1) is 0 Å². The van der Waals surface area contributed by atoms with E-state index in [0.717, 1.165) is 34.2 Å². The second kappa shape index (κ2) is 11.8. The summed E-state index contributed by atoms with van der Waals surface area (Å²) in [6, 6.07) is 15.3. The lowest BCUT2D eigenvalue weighted by Crippen LogP contribution is -2.29. The Kier molecular flexibility index (Phi) is 8.63. The number of hydrogen-bond acceptors (Lipinski definition) is 8. The first-order valence-electron chi connectivity index (χ1n) is 10.9. The second-order valence-corrected chi connectivity index (χ2v) is 7.30. The van der Waals surface area contributed by atoms with Crippen LogP contribution in [0.3, 0.4) is 0 Å². The van der Waals surface area contributed by atoms with Crippen LogP contribution in [0.5, 0.6) is 5.75 Å². The largest absolute Gasteiger partial charge is 0.494 e. The Labute approximate surface area is 194 Å². The number of hydrogen-bond donors (Lipinski definition) is 4. The molecule has 0 heterocycles. The zero-order valence-corrected chi connectivity index (χ0v) is 19.0. The summed E-state index contributed by atoms with van der Waals surface area (Å²) in [6.07, 6.45) is 3.68. The van der Waals surface area contributed by atoms with Gasteiger partial charge in [0.25, 0.3) is 0 Å². The number of aliphatic hydroxyl groups excluding tert-OH is 2. The summed E-state index contributed by atoms with van der Waals surface area (Å²) in [6.45, 7) is 3.51. The quantitative estimate of drug-likeness (QED) is 0.415. The molecule has 174 valence electrons. The average molecular weight is 450 g/mol. The molecule has 0 bridgehead atoms. The molecule has 8 heteroatoms. The monoisotopic (exact) mass is 449 g/mol. The summed E-state index contributed by atoms with van der Waals surface area (Å²) in [4.78, 5) is 10.9. The Hall–Kier alpha value is -3.62. The number of rotatable bonds is 10. The average Bonchev–Trinajstić information content (AvgIpc) is 2.83. The highest BCUT2D eigenvalue weighted by atomic mass is 16.5. The van der Waals surface area contributed by atoms with Crippen molar-refractivity contribution in [3.63, 3.8) is 0 Å². The van der Waals surface area contributed by atoms with Gasteiger partial charge in [0, 0.05) is 31.5 Å². The molecule has 0 fully saturated rings. The molecule has 0 unspecified atom stereocenters. The number of anilines is 2. The van der Waals surface area contributed by atoms with Crippen molar-refractivity contribution in [2.24, 2.45) is 15.7 Å². The lowest BCUT2D eigenvalue weighted by molar-refractivity contribution is 0.281. The van der Waals surface area contributed by atoms with Crippen LogP contribution in [0.2, 0.25) is 0 Å². The minimum Gasteiger partial charge on any atom is -0.494 e. The van der Waals surface area contributed by atoms with Gasteiger partial charge in [-0.1, -0.05) is 0 Å². The molecule has 3 rings (SSSR count). The minimum absolute atomic E-state index is 0.0155. The van der Waals surface area contributed by atoms with Crippen LogP contribution >= 0.6 is 0 Å². The van der Waals surface area contributed by atoms with Crippen molar-refractivity contribution in [1.29, 1.82) is 0 Å². The van der Waals surface area contributed by atoms with Crippen molar-refractivity contribution in [2.75, 3.05) is 50.2 Å². The van der Waals surface area contributed by atoms with Gasteiger partial charge in [0.2, 0.25) is 0 Å². The van der Waals surface area contributed by atoms with Gasteiger partial charge in [-0.2, -0.15) is 0 Å². The van der Waals surface area contributed by atoms with Gasteiger partial charge in [0.15, 0.2) is 0 Å². The molecule has 1 aliphatic carbocycles. The van der Waals surface area contributed by atoms with Gasteiger partial charge in [-0.3, -0.25) is 4.99 Å². The maximum Gasteiger partial charge on any atom is 0.119 e. The normalized spacial score (nSPS) is 15.9. The van der Waals surface area contributed by atoms with Gasteiger partial charge in [-0.25, -0.2) is 4.99 Å². The van der Waals surface area contributed by atoms with Crippen molar-refractivity contribution in [2.45, 2.75) is 6.92 Å². The fraction of sp³-hybridized carbons (Fsp3) is 0.280. The third-order valence-corrected chi connectivity index (χ3v) is 5.03. The summed E-state index contributed by atoms with van der Waals surface area (Å²) in [5.41, 5.74) is 11.5. The Morgan fingerprint density at radius 2 is 1.61 bits per heavy atom. The predicted octanol–water partition coefficient (Wildman–Crippen LogP) is 2.87. The molecule has 2 aromatic carbocycles. The summed E-state index contributed by atoms with van der Waals surface area (Å²) in [5.74, 6) is 0.816. The maximum atomic E-state index is 9.24. The molecule has 5 N–H and O–H groups in total. The fourth-order valence-corrected chi connectivity index (χ4v) is 3.42. The lowest BCUT2D eigenvalue weighted by Gasteiger charge is -2.23. The SMILES string of the molecule is CCOc1ccc(NC2=CC(=N/c3ccc(N(CCO)CCO)cc3)/C(N)=CC/2=N/C)cc1. The first-order chi connectivity index (χ1) is 16.1. The molecule has 2 aromatic rings. The van der Waals surface area contributed by atoms with Crippen molar-refractivity contribution in [3.05, 3.63) is 72.1 Å². The van der Waals surface area contributed by atoms with Gasteiger partial charge in [0.1, 0.15) is 5.75 Å². The molecule has 0 saturated carbocycles. The van der Waals surface area contributed by atoms with E-state index in [0.29, 0.717) is 31.1 Å². The van der Waals surface area contributed by atoms with Crippen LogP contribution in [0.25, 0.3) is 0 Å². The Bertz CT molecular complexity index is 1030. The molecule has 33 heavy (non-hydrogen) atoms. The number of nitrogens with one attached hydrogen (secondary N) is 1. The lowest BCUT2D eigenvalue weighted by atomic mass is 10.0. The molecule has 0 radical (unpaired) electrons. The van der Waals surface area contributed by atoms with E-state index >= 15 is 0 Å². The molecule has 1 aliphatic rings. The second-order valence-electron chi connectivity index (χ2n) is 7.30. The van der Waals surface area contributed by atoms with E-state index < -0.39 is 0 Å². The number of aliphatic hydroxyl groups is 2. The Balaban J connectivity index is 1.83. The topological polar surface area (TPSA) is 116 Å². The molecular formula is C25H31N5O3. The zero-order valence-electron chi connectivity index (χ0n) is 19.0. The molecule has 0 aliphatic heterocycles. The Morgan fingerprint density at radius 3 is 2.18 bits per heavy atom. The predicted molar refractivity (Wildman–Crippen MR) is 135 cm³/mol. The van der Waals surface area contributed by atoms with Crippen molar-refractivity contribution < 1.29 is 14.9 Å². The van der Waals surface area contributed by atoms with Crippen molar-refractivity contribution in [3.8, 4) is 5.75 Å². The van der Waals surface area contributed by atoms with Gasteiger partial charge < -0.3 is 30.9 Å². The molecule has 0 saturated heterocycles. The summed E-state index contributed by atoms with van der Waals surface area (Å²) >= 11 is 0. The maximum absolute atomic E-state index is 9.24. The molecule has 0 amide bonds. The minimum atomic E-state index is 0.0155. The van der Waals surface area contributed by atoms with E-state index in [1.807, 2.05) is 66.4 Å². The van der Waals surface area contributed by atoms with Gasteiger partial charge in [0.05, 0.1) is 48.3 Å². The first kappa shape index (κ1) is 24.0. The molecule has 0 atom stereocenters. The first-order valence-corrected chi connectivity index (χ1v) is 10.9. The van der Waals surface area contributed by atoms with Crippen LogP contribution < -0.4 is 20.7 Å². The fourth-order valence-electron chi connectivity index (χ4n) is 3.42. The summed E-state index contributed by atoms with van der Waals surface area (Å²) < 4.78 is 5.50. The number of benzene rings is 2. The third kappa shape index (κ3) is 6.44. The van der Waals surface area contributed by atoms with Gasteiger partial charge in [-0.05, 0) is 67.6 Å². The Morgan fingerprint density at radius 1 is 0.939 bits per heavy atom. The standard InChI is InChI=1S/C25H31N5O3/c1-3-33-21-10-6-19(7-11-21)29-25-17-23(22(26)16-24(25)27-2)28-18-4-8-20(9-5-18)30(12-14-31)13-15-32/h4-11,16-17,29,31-32H,3,12-15,26H2,1-2H3/b27-24-,28-23-. The van der Waals surface area contributed by atoms with E-state index in [2.05, 4.69) is 10.3 Å². The highest BCUT2D eigenvalue weighted by molar-refractivity contribution is 6.24. The number of aliphatic imine (C=N–C) groups is 2. The van der Waals surface area contributed by atoms with E-state index in [9.17, 15) is 10.2 Å². The van der Waals surface area contributed by atoms with E-state index in [1.165, 1.54) is 0 Å². The summed E-state index contributed by atoms with van der Waals surface area (Å²) in [7, 11) is 1.72. The smallest absolute Gasteiger partial charge is 0.119 e. The highest BCUT2D eigenvalue weighted by Gasteiger charge is 2.16. The van der Waals surface area contributed by atoms with E-state index in [4.69, 9.17) is 15.5 Å². The molecule has 8 nitrogen and oxygen atoms in total. The van der Waals surface area contributed by atoms with E-state index in [-0.39, 0.29) is 13.2 Å². The summed E-state index contributed by atoms with van der Waals surface area (Å²) in [5, 5.41) is 21.9. The number of ether oxygens (including phenoxy) is 1. The molecule has 0 spiro atoms. The van der Waals surface area contributed by atoms with Crippen LogP contribution in [0, 0.1) is 0 Å². The zero-order chi connectivity index (χ0) is 23.6. The van der Waals surface area contributed by atoms with Crippen molar-refractivity contribution >= 4 is 28.5 Å².